The van der Waals surface area contributed by atoms with E-state index in [4.69, 9.17) is 9.47 Å². The highest BCUT2D eigenvalue weighted by Gasteiger charge is 2.29. The van der Waals surface area contributed by atoms with Crippen LogP contribution in [-0.2, 0) is 10.0 Å². The zero-order chi connectivity index (χ0) is 18.6. The van der Waals surface area contributed by atoms with Gasteiger partial charge in [-0.1, -0.05) is 26.7 Å². The summed E-state index contributed by atoms with van der Waals surface area (Å²) in [4.78, 5) is 2.68. The fourth-order valence-corrected chi connectivity index (χ4v) is 5.04. The molecule has 2 aliphatic rings. The van der Waals surface area contributed by atoms with Crippen molar-refractivity contribution in [2.75, 3.05) is 32.8 Å². The Morgan fingerprint density at radius 1 is 1.08 bits per heavy atom. The van der Waals surface area contributed by atoms with Crippen molar-refractivity contribution < 1.29 is 17.9 Å². The first-order chi connectivity index (χ1) is 12.5. The van der Waals surface area contributed by atoms with Crippen molar-refractivity contribution in [2.24, 2.45) is 5.92 Å². The fraction of sp³-hybridized carbons (Fsp3) is 0.684. The molecule has 0 unspecified atom stereocenters. The molecule has 1 fully saturated rings. The van der Waals surface area contributed by atoms with Gasteiger partial charge in [-0.25, -0.2) is 13.1 Å². The highest BCUT2D eigenvalue weighted by atomic mass is 32.2. The van der Waals surface area contributed by atoms with Crippen molar-refractivity contribution in [1.82, 2.24) is 9.62 Å². The lowest BCUT2D eigenvalue weighted by molar-refractivity contribution is 0.167. The number of benzene rings is 1. The summed E-state index contributed by atoms with van der Waals surface area (Å²) in [7, 11) is -3.58. The van der Waals surface area contributed by atoms with Crippen LogP contribution >= 0.6 is 0 Å². The van der Waals surface area contributed by atoms with Gasteiger partial charge in [-0.3, -0.25) is 4.90 Å². The zero-order valence-electron chi connectivity index (χ0n) is 15.7. The number of sulfonamides is 1. The molecule has 1 aromatic rings. The Morgan fingerprint density at radius 3 is 2.38 bits per heavy atom. The van der Waals surface area contributed by atoms with Crippen molar-refractivity contribution in [3.63, 3.8) is 0 Å². The number of hydrogen-bond acceptors (Lipinski definition) is 5. The first kappa shape index (κ1) is 19.5. The lowest BCUT2D eigenvalue weighted by Crippen LogP contribution is -2.46. The maximum atomic E-state index is 12.8. The number of rotatable bonds is 8. The minimum Gasteiger partial charge on any atom is -0.486 e. The second-order valence-corrected chi connectivity index (χ2v) is 8.81. The van der Waals surface area contributed by atoms with Crippen LogP contribution in [0, 0.1) is 5.92 Å². The molecule has 3 rings (SSSR count). The molecule has 1 saturated heterocycles. The van der Waals surface area contributed by atoms with E-state index in [2.05, 4.69) is 23.5 Å². The summed E-state index contributed by atoms with van der Waals surface area (Å²) in [6.45, 7) is 7.88. The van der Waals surface area contributed by atoms with Crippen LogP contribution in [-0.4, -0.2) is 52.2 Å². The minimum atomic E-state index is -3.58. The smallest absolute Gasteiger partial charge is 0.240 e. The number of ether oxygens (including phenoxy) is 2. The Hall–Kier alpha value is -1.31. The number of hydrogen-bond donors (Lipinski definition) is 1. The summed E-state index contributed by atoms with van der Waals surface area (Å²) >= 11 is 0. The van der Waals surface area contributed by atoms with Crippen LogP contribution in [0.1, 0.15) is 39.5 Å². The van der Waals surface area contributed by atoms with Gasteiger partial charge in [-0.15, -0.1) is 0 Å². The molecule has 146 valence electrons. The number of nitrogens with zero attached hydrogens (tertiary/aromatic N) is 1. The monoisotopic (exact) mass is 382 g/mol. The molecule has 0 saturated carbocycles. The van der Waals surface area contributed by atoms with E-state index in [1.54, 1.807) is 18.2 Å². The second kappa shape index (κ2) is 8.59. The molecule has 0 aliphatic carbocycles. The number of likely N-dealkylation sites (tertiary alicyclic amines) is 1. The lowest BCUT2D eigenvalue weighted by Gasteiger charge is -2.33. The lowest BCUT2D eigenvalue weighted by atomic mass is 9.93. The van der Waals surface area contributed by atoms with E-state index in [9.17, 15) is 8.42 Å². The van der Waals surface area contributed by atoms with Gasteiger partial charge in [-0.05, 0) is 44.0 Å². The topological polar surface area (TPSA) is 67.9 Å². The molecule has 2 heterocycles. The molecule has 1 N–H and O–H groups in total. The number of nitrogens with one attached hydrogen (secondary N) is 1. The van der Waals surface area contributed by atoms with Crippen molar-refractivity contribution in [2.45, 2.75) is 50.5 Å². The van der Waals surface area contributed by atoms with Gasteiger partial charge in [0.05, 0.1) is 4.90 Å². The molecule has 26 heavy (non-hydrogen) atoms. The summed E-state index contributed by atoms with van der Waals surface area (Å²) in [6.07, 6.45) is 4.52. The average molecular weight is 383 g/mol. The Balaban J connectivity index is 1.73. The summed E-state index contributed by atoms with van der Waals surface area (Å²) in [6, 6.07) is 5.05. The third kappa shape index (κ3) is 4.32. The van der Waals surface area contributed by atoms with E-state index in [-0.39, 0.29) is 10.9 Å². The first-order valence-corrected chi connectivity index (χ1v) is 11.2. The normalized spacial score (nSPS) is 19.0. The Bertz CT molecular complexity index is 695. The van der Waals surface area contributed by atoms with Crippen LogP contribution in [0.5, 0.6) is 11.5 Å². The molecule has 7 heteroatoms. The largest absolute Gasteiger partial charge is 0.486 e. The maximum Gasteiger partial charge on any atom is 0.240 e. The third-order valence-electron chi connectivity index (χ3n) is 5.51. The Morgan fingerprint density at radius 2 is 1.73 bits per heavy atom. The van der Waals surface area contributed by atoms with Crippen LogP contribution in [0.4, 0.5) is 0 Å². The molecule has 0 amide bonds. The highest BCUT2D eigenvalue weighted by molar-refractivity contribution is 7.89. The van der Waals surface area contributed by atoms with E-state index in [0.29, 0.717) is 37.2 Å². The Kier molecular flexibility index (Phi) is 6.42. The van der Waals surface area contributed by atoms with Crippen LogP contribution in [0.3, 0.4) is 0 Å². The molecular formula is C19H30N2O4S. The molecule has 0 bridgehead atoms. The van der Waals surface area contributed by atoms with Gasteiger partial charge in [0.15, 0.2) is 11.5 Å². The molecule has 6 nitrogen and oxygen atoms in total. The van der Waals surface area contributed by atoms with Gasteiger partial charge in [0.1, 0.15) is 13.2 Å². The standard InChI is InChI=1S/C19H30N2O4S/c1-3-15(4-2)17(21-9-5-6-10-21)14-20-26(22,23)16-7-8-18-19(13-16)25-12-11-24-18/h7-8,13,15,17,20H,3-6,9-12,14H2,1-2H3/t17-/m1/s1. The quantitative estimate of drug-likeness (QED) is 0.749. The number of fused-ring (bicyclic) bond motifs is 1. The van der Waals surface area contributed by atoms with Crippen molar-refractivity contribution in [1.29, 1.82) is 0 Å². The summed E-state index contributed by atoms with van der Waals surface area (Å²) in [5.74, 6) is 1.59. The SMILES string of the molecule is CCC(CC)[C@@H](CNS(=O)(=O)c1ccc2c(c1)OCCO2)N1CCCC1. The van der Waals surface area contributed by atoms with E-state index in [0.717, 1.165) is 25.9 Å². The third-order valence-corrected chi connectivity index (χ3v) is 6.93. The van der Waals surface area contributed by atoms with Gasteiger partial charge in [-0.2, -0.15) is 0 Å². The predicted molar refractivity (Wildman–Crippen MR) is 101 cm³/mol. The van der Waals surface area contributed by atoms with Gasteiger partial charge >= 0.3 is 0 Å². The van der Waals surface area contributed by atoms with Crippen LogP contribution in [0.2, 0.25) is 0 Å². The molecule has 0 radical (unpaired) electrons. The Labute approximate surface area is 156 Å². The van der Waals surface area contributed by atoms with Gasteiger partial charge in [0.25, 0.3) is 0 Å². The van der Waals surface area contributed by atoms with E-state index < -0.39 is 10.0 Å². The summed E-state index contributed by atoms with van der Waals surface area (Å²) in [5.41, 5.74) is 0. The van der Waals surface area contributed by atoms with E-state index in [1.807, 2.05) is 0 Å². The first-order valence-electron chi connectivity index (χ1n) is 9.68. The second-order valence-electron chi connectivity index (χ2n) is 7.04. The van der Waals surface area contributed by atoms with Gasteiger partial charge in [0, 0.05) is 18.7 Å². The van der Waals surface area contributed by atoms with Gasteiger partial charge < -0.3 is 9.47 Å². The molecule has 2 aliphatic heterocycles. The van der Waals surface area contributed by atoms with Crippen molar-refractivity contribution >= 4 is 10.0 Å². The predicted octanol–water partition coefficient (Wildman–Crippen LogP) is 2.64. The van der Waals surface area contributed by atoms with Crippen LogP contribution < -0.4 is 14.2 Å². The average Bonchev–Trinajstić information content (AvgIpc) is 3.19. The van der Waals surface area contributed by atoms with E-state index in [1.165, 1.54) is 12.8 Å². The highest BCUT2D eigenvalue weighted by Crippen LogP contribution is 2.32. The molecule has 1 aromatic carbocycles. The molecular weight excluding hydrogens is 352 g/mol. The van der Waals surface area contributed by atoms with Crippen molar-refractivity contribution in [3.8, 4) is 11.5 Å². The summed E-state index contributed by atoms with van der Waals surface area (Å²) in [5, 5.41) is 0. The minimum absolute atomic E-state index is 0.228. The van der Waals surface area contributed by atoms with E-state index >= 15 is 0 Å². The van der Waals surface area contributed by atoms with Crippen LogP contribution in [0.25, 0.3) is 0 Å². The molecule has 1 atom stereocenters. The maximum absolute atomic E-state index is 12.8. The zero-order valence-corrected chi connectivity index (χ0v) is 16.6. The van der Waals surface area contributed by atoms with Gasteiger partial charge in [0.2, 0.25) is 10.0 Å². The van der Waals surface area contributed by atoms with Crippen LogP contribution in [0.15, 0.2) is 23.1 Å². The fourth-order valence-electron chi connectivity index (χ4n) is 3.97. The van der Waals surface area contributed by atoms with Crippen molar-refractivity contribution in [3.05, 3.63) is 18.2 Å². The summed E-state index contributed by atoms with van der Waals surface area (Å²) < 4.78 is 39.4. The molecule has 0 aromatic heterocycles. The molecule has 0 spiro atoms.